The topological polar surface area (TPSA) is 83.2 Å². The third-order valence-corrected chi connectivity index (χ3v) is 4.98. The van der Waals surface area contributed by atoms with Gasteiger partial charge in [-0.05, 0) is 55.8 Å². The number of ketones is 1. The average molecular weight is 377 g/mol. The Morgan fingerprint density at radius 1 is 1.18 bits per heavy atom. The third-order valence-electron chi connectivity index (χ3n) is 4.98. The van der Waals surface area contributed by atoms with Crippen LogP contribution in [0.3, 0.4) is 0 Å². The minimum Gasteiger partial charge on any atom is -0.494 e. The quantitative estimate of drug-likeness (QED) is 0.637. The second-order valence-electron chi connectivity index (χ2n) is 6.85. The van der Waals surface area contributed by atoms with Gasteiger partial charge in [0.2, 0.25) is 5.91 Å². The van der Waals surface area contributed by atoms with E-state index in [0.717, 1.165) is 28.6 Å². The number of amides is 1. The number of carbonyl (C=O) groups excluding carboxylic acids is 2. The van der Waals surface area contributed by atoms with Crippen molar-refractivity contribution in [2.75, 3.05) is 18.5 Å². The number of para-hydroxylation sites is 1. The summed E-state index contributed by atoms with van der Waals surface area (Å²) in [5.74, 6) is 0.493. The number of benzene rings is 2. The molecule has 2 heterocycles. The number of hydrogen-bond acceptors (Lipinski definition) is 4. The van der Waals surface area contributed by atoms with E-state index in [2.05, 4.69) is 15.6 Å². The Hall–Kier alpha value is -3.12. The van der Waals surface area contributed by atoms with Gasteiger partial charge in [0.25, 0.3) is 0 Å². The number of H-pyrrole nitrogens is 1. The van der Waals surface area contributed by atoms with Gasteiger partial charge < -0.3 is 20.4 Å². The summed E-state index contributed by atoms with van der Waals surface area (Å²) < 4.78 is 5.40. The molecule has 3 aromatic rings. The fourth-order valence-electron chi connectivity index (χ4n) is 3.67. The maximum Gasteiger partial charge on any atom is 0.226 e. The summed E-state index contributed by atoms with van der Waals surface area (Å²) in [4.78, 5) is 28.8. The Morgan fingerprint density at radius 2 is 1.96 bits per heavy atom. The Morgan fingerprint density at radius 3 is 2.75 bits per heavy atom. The molecule has 28 heavy (non-hydrogen) atoms. The number of Topliss-reactive ketones (excluding diaryl/α,β-unsaturated/α-hetero) is 1. The first-order valence-corrected chi connectivity index (χ1v) is 9.55. The fourth-order valence-corrected chi connectivity index (χ4v) is 3.67. The molecule has 0 fully saturated rings. The second kappa shape index (κ2) is 7.86. The van der Waals surface area contributed by atoms with E-state index in [4.69, 9.17) is 4.74 Å². The lowest BCUT2D eigenvalue weighted by Gasteiger charge is -2.14. The highest BCUT2D eigenvalue weighted by molar-refractivity contribution is 6.07. The maximum absolute atomic E-state index is 13.0. The Bertz CT molecular complexity index is 1010. The van der Waals surface area contributed by atoms with Gasteiger partial charge in [-0.15, -0.1) is 0 Å². The molecular formula is C22H23N3O3. The summed E-state index contributed by atoms with van der Waals surface area (Å²) in [5.41, 5.74) is 3.29. The summed E-state index contributed by atoms with van der Waals surface area (Å²) >= 11 is 0. The van der Waals surface area contributed by atoms with Crippen LogP contribution < -0.4 is 15.4 Å². The lowest BCUT2D eigenvalue weighted by atomic mass is 10.0. The molecule has 6 heteroatoms. The SMILES string of the molecule is CCOc1ccc(NC(=O)CC2NCCc3c([nH]c4ccccc34)C2=O)cc1. The third kappa shape index (κ3) is 3.64. The zero-order valence-corrected chi connectivity index (χ0v) is 15.7. The van der Waals surface area contributed by atoms with Gasteiger partial charge in [-0.25, -0.2) is 0 Å². The maximum atomic E-state index is 13.0. The predicted octanol–water partition coefficient (Wildman–Crippen LogP) is 3.29. The smallest absolute Gasteiger partial charge is 0.226 e. The minimum absolute atomic E-state index is 0.0643. The molecule has 0 radical (unpaired) electrons. The van der Waals surface area contributed by atoms with Gasteiger partial charge in [0, 0.05) is 23.0 Å². The van der Waals surface area contributed by atoms with E-state index in [9.17, 15) is 9.59 Å². The highest BCUT2D eigenvalue weighted by atomic mass is 16.5. The van der Waals surface area contributed by atoms with Crippen LogP contribution in [0.1, 0.15) is 29.4 Å². The average Bonchev–Trinajstić information content (AvgIpc) is 3.00. The van der Waals surface area contributed by atoms with Crippen molar-refractivity contribution in [2.45, 2.75) is 25.8 Å². The first-order valence-electron chi connectivity index (χ1n) is 9.55. The van der Waals surface area contributed by atoms with E-state index in [0.29, 0.717) is 24.5 Å². The monoisotopic (exact) mass is 377 g/mol. The molecule has 1 atom stereocenters. The van der Waals surface area contributed by atoms with Gasteiger partial charge in [-0.1, -0.05) is 18.2 Å². The Labute approximate surface area is 163 Å². The van der Waals surface area contributed by atoms with Crippen LogP contribution in [0.2, 0.25) is 0 Å². The van der Waals surface area contributed by atoms with Crippen LogP contribution in [0.5, 0.6) is 5.75 Å². The van der Waals surface area contributed by atoms with Crippen molar-refractivity contribution in [2.24, 2.45) is 0 Å². The van der Waals surface area contributed by atoms with Crippen LogP contribution in [-0.2, 0) is 11.2 Å². The van der Waals surface area contributed by atoms with E-state index in [-0.39, 0.29) is 18.1 Å². The van der Waals surface area contributed by atoms with Crippen LogP contribution >= 0.6 is 0 Å². The largest absolute Gasteiger partial charge is 0.494 e. The summed E-state index contributed by atoms with van der Waals surface area (Å²) in [6.07, 6.45) is 0.836. The number of aromatic amines is 1. The fraction of sp³-hybridized carbons (Fsp3) is 0.273. The van der Waals surface area contributed by atoms with Gasteiger partial charge >= 0.3 is 0 Å². The molecular weight excluding hydrogens is 354 g/mol. The number of anilines is 1. The molecule has 0 bridgehead atoms. The first-order chi connectivity index (χ1) is 13.7. The predicted molar refractivity (Wildman–Crippen MR) is 109 cm³/mol. The zero-order chi connectivity index (χ0) is 19.5. The van der Waals surface area contributed by atoms with Crippen molar-refractivity contribution < 1.29 is 14.3 Å². The molecule has 2 aromatic carbocycles. The van der Waals surface area contributed by atoms with Crippen molar-refractivity contribution >= 4 is 28.3 Å². The van der Waals surface area contributed by atoms with Crippen molar-refractivity contribution in [1.29, 1.82) is 0 Å². The molecule has 4 rings (SSSR count). The van der Waals surface area contributed by atoms with Crippen molar-refractivity contribution in [3.63, 3.8) is 0 Å². The summed E-state index contributed by atoms with van der Waals surface area (Å²) in [6.45, 7) is 3.17. The molecule has 0 saturated heterocycles. The summed E-state index contributed by atoms with van der Waals surface area (Å²) in [6, 6.07) is 14.6. The molecule has 3 N–H and O–H groups in total. The van der Waals surface area contributed by atoms with Gasteiger partial charge in [0.15, 0.2) is 5.78 Å². The number of carbonyl (C=O) groups is 2. The zero-order valence-electron chi connectivity index (χ0n) is 15.7. The van der Waals surface area contributed by atoms with E-state index in [1.807, 2.05) is 43.3 Å². The van der Waals surface area contributed by atoms with Crippen molar-refractivity contribution in [1.82, 2.24) is 10.3 Å². The lowest BCUT2D eigenvalue weighted by Crippen LogP contribution is -2.39. The highest BCUT2D eigenvalue weighted by Gasteiger charge is 2.29. The highest BCUT2D eigenvalue weighted by Crippen LogP contribution is 2.26. The van der Waals surface area contributed by atoms with E-state index in [1.54, 1.807) is 12.1 Å². The summed E-state index contributed by atoms with van der Waals surface area (Å²) in [7, 11) is 0. The Kier molecular flexibility index (Phi) is 5.12. The van der Waals surface area contributed by atoms with Crippen LogP contribution in [-0.4, -0.2) is 35.9 Å². The molecule has 6 nitrogen and oxygen atoms in total. The van der Waals surface area contributed by atoms with Crippen LogP contribution in [0.4, 0.5) is 5.69 Å². The summed E-state index contributed by atoms with van der Waals surface area (Å²) in [5, 5.41) is 7.15. The van der Waals surface area contributed by atoms with Gasteiger partial charge in [-0.3, -0.25) is 9.59 Å². The second-order valence-corrected chi connectivity index (χ2v) is 6.85. The Balaban J connectivity index is 1.47. The van der Waals surface area contributed by atoms with Gasteiger partial charge in [0.1, 0.15) is 5.75 Å². The first kappa shape index (κ1) is 18.3. The number of aromatic nitrogens is 1. The van der Waals surface area contributed by atoms with Gasteiger partial charge in [0.05, 0.1) is 18.3 Å². The number of rotatable bonds is 5. The van der Waals surface area contributed by atoms with E-state index in [1.165, 1.54) is 0 Å². The van der Waals surface area contributed by atoms with E-state index >= 15 is 0 Å². The molecule has 1 aliphatic rings. The number of fused-ring (bicyclic) bond motifs is 3. The van der Waals surface area contributed by atoms with Crippen LogP contribution in [0.15, 0.2) is 48.5 Å². The molecule has 144 valence electrons. The molecule has 0 spiro atoms. The number of ether oxygens (including phenoxy) is 1. The number of hydrogen-bond donors (Lipinski definition) is 3. The normalized spacial score (nSPS) is 16.5. The minimum atomic E-state index is -0.544. The molecule has 1 aliphatic heterocycles. The molecule has 0 saturated carbocycles. The van der Waals surface area contributed by atoms with Crippen molar-refractivity contribution in [3.8, 4) is 5.75 Å². The van der Waals surface area contributed by atoms with Crippen LogP contribution in [0, 0.1) is 0 Å². The van der Waals surface area contributed by atoms with E-state index < -0.39 is 6.04 Å². The van der Waals surface area contributed by atoms with Gasteiger partial charge in [-0.2, -0.15) is 0 Å². The van der Waals surface area contributed by atoms with Crippen molar-refractivity contribution in [3.05, 3.63) is 59.8 Å². The molecule has 0 aliphatic carbocycles. The number of nitrogens with one attached hydrogen (secondary N) is 3. The van der Waals surface area contributed by atoms with Crippen LogP contribution in [0.25, 0.3) is 10.9 Å². The molecule has 1 aromatic heterocycles. The standard InChI is InChI=1S/C22H23N3O3/c1-2-28-15-9-7-14(8-10-15)24-20(26)13-19-22(27)21-17(11-12-23-19)16-5-3-4-6-18(16)25-21/h3-10,19,23,25H,2,11-13H2,1H3,(H,24,26). The molecule has 1 amide bonds. The molecule has 1 unspecified atom stereocenters. The lowest BCUT2D eigenvalue weighted by molar-refractivity contribution is -0.116.